The highest BCUT2D eigenvalue weighted by Crippen LogP contribution is 2.19. The summed E-state index contributed by atoms with van der Waals surface area (Å²) in [6, 6.07) is 11.8. The molecule has 0 heterocycles. The largest absolute Gasteiger partial charge is 0.356 e. The number of benzene rings is 2. The number of sulfonamides is 1. The predicted octanol–water partition coefficient (Wildman–Crippen LogP) is 2.31. The van der Waals surface area contributed by atoms with E-state index in [1.54, 1.807) is 18.2 Å². The highest BCUT2D eigenvalue weighted by Gasteiger charge is 2.15. The molecule has 0 radical (unpaired) electrons. The zero-order valence-electron chi connectivity index (χ0n) is 12.5. The lowest BCUT2D eigenvalue weighted by molar-refractivity contribution is -0.118. The van der Waals surface area contributed by atoms with Gasteiger partial charge in [-0.1, -0.05) is 24.3 Å². The van der Waals surface area contributed by atoms with Crippen LogP contribution >= 0.6 is 0 Å². The van der Waals surface area contributed by atoms with Gasteiger partial charge in [-0.15, -0.1) is 0 Å². The summed E-state index contributed by atoms with van der Waals surface area (Å²) in [7, 11) is -3.85. The normalized spacial score (nSPS) is 11.0. The van der Waals surface area contributed by atoms with E-state index >= 15 is 0 Å². The molecule has 0 spiro atoms. The Labute approximate surface area is 134 Å². The van der Waals surface area contributed by atoms with E-state index in [-0.39, 0.29) is 16.5 Å². The van der Waals surface area contributed by atoms with E-state index in [0.717, 1.165) is 5.56 Å². The van der Waals surface area contributed by atoms with Crippen molar-refractivity contribution in [2.45, 2.75) is 18.2 Å². The molecule has 5 nitrogen and oxygen atoms in total. The van der Waals surface area contributed by atoms with E-state index in [1.165, 1.54) is 37.3 Å². The van der Waals surface area contributed by atoms with Crippen LogP contribution in [0, 0.1) is 5.82 Å². The van der Waals surface area contributed by atoms with Crippen LogP contribution in [0.2, 0.25) is 0 Å². The molecule has 2 aromatic rings. The first kappa shape index (κ1) is 17.0. The average molecular weight is 336 g/mol. The SMILES string of the molecule is CC(=O)NCCc1ccc(S(=O)(=O)Nc2ccccc2F)cc1. The van der Waals surface area contributed by atoms with Gasteiger partial charge in [0.25, 0.3) is 10.0 Å². The van der Waals surface area contributed by atoms with Crippen LogP contribution in [0.4, 0.5) is 10.1 Å². The fraction of sp³-hybridized carbons (Fsp3) is 0.188. The van der Waals surface area contributed by atoms with Gasteiger partial charge in [-0.25, -0.2) is 12.8 Å². The Balaban J connectivity index is 2.08. The van der Waals surface area contributed by atoms with E-state index in [0.29, 0.717) is 13.0 Å². The van der Waals surface area contributed by atoms with E-state index in [1.807, 2.05) is 0 Å². The maximum atomic E-state index is 13.5. The van der Waals surface area contributed by atoms with Crippen molar-refractivity contribution in [2.24, 2.45) is 0 Å². The number of halogens is 1. The Bertz CT molecular complexity index is 789. The Morgan fingerprint density at radius 2 is 1.74 bits per heavy atom. The van der Waals surface area contributed by atoms with Crippen LogP contribution in [0.25, 0.3) is 0 Å². The summed E-state index contributed by atoms with van der Waals surface area (Å²) in [6.07, 6.45) is 0.598. The first-order valence-electron chi connectivity index (χ1n) is 6.99. The van der Waals surface area contributed by atoms with Gasteiger partial charge in [0, 0.05) is 13.5 Å². The van der Waals surface area contributed by atoms with Gasteiger partial charge in [-0.3, -0.25) is 9.52 Å². The molecule has 0 unspecified atom stereocenters. The summed E-state index contributed by atoms with van der Waals surface area (Å²) in [6.45, 7) is 1.92. The number of carbonyl (C=O) groups is 1. The van der Waals surface area contributed by atoms with Gasteiger partial charge in [-0.05, 0) is 36.2 Å². The minimum absolute atomic E-state index is 0.0454. The smallest absolute Gasteiger partial charge is 0.261 e. The Hall–Kier alpha value is -2.41. The van der Waals surface area contributed by atoms with Crippen LogP contribution in [0.1, 0.15) is 12.5 Å². The van der Waals surface area contributed by atoms with E-state index in [2.05, 4.69) is 10.0 Å². The van der Waals surface area contributed by atoms with E-state index < -0.39 is 15.8 Å². The molecular formula is C16H17FN2O3S. The van der Waals surface area contributed by atoms with Crippen molar-refractivity contribution >= 4 is 21.6 Å². The zero-order valence-corrected chi connectivity index (χ0v) is 13.4. The topological polar surface area (TPSA) is 75.3 Å². The van der Waals surface area contributed by atoms with Crippen LogP contribution in [0.3, 0.4) is 0 Å². The van der Waals surface area contributed by atoms with Gasteiger partial charge in [-0.2, -0.15) is 0 Å². The highest BCUT2D eigenvalue weighted by molar-refractivity contribution is 7.92. The predicted molar refractivity (Wildman–Crippen MR) is 86.0 cm³/mol. The second kappa shape index (κ2) is 7.23. The number of carbonyl (C=O) groups excluding carboxylic acids is 1. The van der Waals surface area contributed by atoms with Gasteiger partial charge in [0.1, 0.15) is 5.82 Å². The number of amides is 1. The molecular weight excluding hydrogens is 319 g/mol. The molecule has 0 saturated heterocycles. The van der Waals surface area contributed by atoms with Crippen LogP contribution in [0.15, 0.2) is 53.4 Å². The maximum absolute atomic E-state index is 13.5. The second-order valence-electron chi connectivity index (χ2n) is 4.96. The summed E-state index contributed by atoms with van der Waals surface area (Å²) >= 11 is 0. The monoisotopic (exact) mass is 336 g/mol. The molecule has 0 bridgehead atoms. The second-order valence-corrected chi connectivity index (χ2v) is 6.64. The Morgan fingerprint density at radius 3 is 2.35 bits per heavy atom. The molecule has 0 saturated carbocycles. The first-order chi connectivity index (χ1) is 10.9. The molecule has 0 aliphatic heterocycles. The first-order valence-corrected chi connectivity index (χ1v) is 8.47. The fourth-order valence-corrected chi connectivity index (χ4v) is 3.03. The molecule has 0 aliphatic rings. The minimum Gasteiger partial charge on any atom is -0.356 e. The molecule has 2 aromatic carbocycles. The van der Waals surface area contributed by atoms with Crippen molar-refractivity contribution in [2.75, 3.05) is 11.3 Å². The van der Waals surface area contributed by atoms with Crippen molar-refractivity contribution in [3.63, 3.8) is 0 Å². The maximum Gasteiger partial charge on any atom is 0.261 e. The van der Waals surface area contributed by atoms with Crippen LogP contribution < -0.4 is 10.0 Å². The number of hydrogen-bond donors (Lipinski definition) is 2. The molecule has 1 amide bonds. The molecule has 7 heteroatoms. The lowest BCUT2D eigenvalue weighted by Gasteiger charge is -2.09. The molecule has 0 fully saturated rings. The van der Waals surface area contributed by atoms with Crippen LogP contribution in [-0.2, 0) is 21.2 Å². The number of nitrogens with one attached hydrogen (secondary N) is 2. The standard InChI is InChI=1S/C16H17FN2O3S/c1-12(20)18-11-10-13-6-8-14(9-7-13)23(21,22)19-16-5-3-2-4-15(16)17/h2-9,19H,10-11H2,1H3,(H,18,20). The summed E-state index contributed by atoms with van der Waals surface area (Å²) < 4.78 is 40.2. The average Bonchev–Trinajstić information content (AvgIpc) is 2.50. The molecule has 0 aliphatic carbocycles. The van der Waals surface area contributed by atoms with Crippen molar-refractivity contribution in [3.05, 3.63) is 59.9 Å². The zero-order chi connectivity index (χ0) is 16.9. The van der Waals surface area contributed by atoms with Gasteiger partial charge in [0.05, 0.1) is 10.6 Å². The minimum atomic E-state index is -3.85. The molecule has 0 aromatic heterocycles. The molecule has 2 N–H and O–H groups in total. The third-order valence-corrected chi connectivity index (χ3v) is 4.52. The third-order valence-electron chi connectivity index (χ3n) is 3.14. The fourth-order valence-electron chi connectivity index (χ4n) is 1.97. The Kier molecular flexibility index (Phi) is 5.33. The number of anilines is 1. The van der Waals surface area contributed by atoms with Crippen molar-refractivity contribution in [1.82, 2.24) is 5.32 Å². The Morgan fingerprint density at radius 1 is 1.09 bits per heavy atom. The van der Waals surface area contributed by atoms with Gasteiger partial charge >= 0.3 is 0 Å². The number of para-hydroxylation sites is 1. The number of rotatable bonds is 6. The van der Waals surface area contributed by atoms with Crippen LogP contribution in [0.5, 0.6) is 0 Å². The summed E-state index contributed by atoms with van der Waals surface area (Å²) in [5.41, 5.74) is 0.797. The molecule has 0 atom stereocenters. The van der Waals surface area contributed by atoms with E-state index in [9.17, 15) is 17.6 Å². The lowest BCUT2D eigenvalue weighted by Crippen LogP contribution is -2.22. The van der Waals surface area contributed by atoms with E-state index in [4.69, 9.17) is 0 Å². The van der Waals surface area contributed by atoms with Gasteiger partial charge < -0.3 is 5.32 Å². The third kappa shape index (κ3) is 4.79. The van der Waals surface area contributed by atoms with Crippen LogP contribution in [-0.4, -0.2) is 20.9 Å². The summed E-state index contributed by atoms with van der Waals surface area (Å²) in [5.74, 6) is -0.749. The van der Waals surface area contributed by atoms with Crippen molar-refractivity contribution in [1.29, 1.82) is 0 Å². The van der Waals surface area contributed by atoms with Crippen molar-refractivity contribution in [3.8, 4) is 0 Å². The quantitative estimate of drug-likeness (QED) is 0.850. The lowest BCUT2D eigenvalue weighted by atomic mass is 10.1. The highest BCUT2D eigenvalue weighted by atomic mass is 32.2. The van der Waals surface area contributed by atoms with Gasteiger partial charge in [0.15, 0.2) is 0 Å². The molecule has 122 valence electrons. The summed E-state index contributed by atoms with van der Waals surface area (Å²) in [4.78, 5) is 10.8. The summed E-state index contributed by atoms with van der Waals surface area (Å²) in [5, 5.41) is 2.67. The molecule has 23 heavy (non-hydrogen) atoms. The molecule has 2 rings (SSSR count). The number of hydrogen-bond acceptors (Lipinski definition) is 3. The van der Waals surface area contributed by atoms with Crippen molar-refractivity contribution < 1.29 is 17.6 Å². The van der Waals surface area contributed by atoms with Gasteiger partial charge in [0.2, 0.25) is 5.91 Å².